The van der Waals surface area contributed by atoms with Crippen molar-refractivity contribution >= 4 is 22.5 Å². The molecule has 2 aromatic rings. The molecular weight excluding hydrogens is 290 g/mol. The average Bonchev–Trinajstić information content (AvgIpc) is 2.55. The number of nitrogen functional groups attached to an aromatic ring is 1. The fourth-order valence-corrected chi connectivity index (χ4v) is 3.14. The lowest BCUT2D eigenvalue weighted by Crippen LogP contribution is -2.56. The zero-order valence-corrected chi connectivity index (χ0v) is 13.9. The maximum absolute atomic E-state index is 13.0. The monoisotopic (exact) mass is 313 g/mol. The maximum atomic E-state index is 13.0. The fraction of sp³-hybridized carbons (Fsp3) is 0.471. The Bertz CT molecular complexity index is 730. The van der Waals surface area contributed by atoms with E-state index in [1.807, 2.05) is 29.2 Å². The van der Waals surface area contributed by atoms with Gasteiger partial charge in [0.15, 0.2) is 5.69 Å². The SMILES string of the molecule is CC(C)C1CN(C)CCN1C(=O)c1nnc2ccccc2c1N. The number of carbonyl (C=O) groups is 1. The fourth-order valence-electron chi connectivity index (χ4n) is 3.14. The molecular formula is C17H23N5O. The van der Waals surface area contributed by atoms with Crippen LogP contribution in [0.15, 0.2) is 24.3 Å². The molecule has 23 heavy (non-hydrogen) atoms. The second-order valence-corrected chi connectivity index (χ2v) is 6.55. The summed E-state index contributed by atoms with van der Waals surface area (Å²) in [5.74, 6) is 0.254. The number of benzene rings is 1. The van der Waals surface area contributed by atoms with Crippen LogP contribution in [0.1, 0.15) is 24.3 Å². The standard InChI is InChI=1S/C17H23N5O/c1-11(2)14-10-21(3)8-9-22(14)17(23)16-15(18)12-6-4-5-7-13(12)19-20-16/h4-7,11,14H,8-10H2,1-3H3,(H2,18,19). The van der Waals surface area contributed by atoms with Gasteiger partial charge in [-0.25, -0.2) is 0 Å². The van der Waals surface area contributed by atoms with Gasteiger partial charge in [0.1, 0.15) is 0 Å². The lowest BCUT2D eigenvalue weighted by atomic mass is 9.99. The Morgan fingerprint density at radius 1 is 1.26 bits per heavy atom. The number of likely N-dealkylation sites (N-methyl/N-ethyl adjacent to an activating group) is 1. The highest BCUT2D eigenvalue weighted by Crippen LogP contribution is 2.24. The first-order valence-electron chi connectivity index (χ1n) is 7.99. The minimum atomic E-state index is -0.118. The van der Waals surface area contributed by atoms with E-state index in [1.165, 1.54) is 0 Å². The number of hydrogen-bond acceptors (Lipinski definition) is 5. The minimum Gasteiger partial charge on any atom is -0.396 e. The summed E-state index contributed by atoms with van der Waals surface area (Å²) in [6, 6.07) is 7.66. The van der Waals surface area contributed by atoms with E-state index in [9.17, 15) is 4.79 Å². The number of carbonyl (C=O) groups excluding carboxylic acids is 1. The van der Waals surface area contributed by atoms with E-state index in [4.69, 9.17) is 5.73 Å². The molecule has 0 saturated carbocycles. The number of rotatable bonds is 2. The normalized spacial score (nSPS) is 19.5. The molecule has 1 aliphatic rings. The van der Waals surface area contributed by atoms with Crippen molar-refractivity contribution in [1.29, 1.82) is 0 Å². The Morgan fingerprint density at radius 2 is 2.00 bits per heavy atom. The number of anilines is 1. The van der Waals surface area contributed by atoms with Gasteiger partial charge >= 0.3 is 0 Å². The summed E-state index contributed by atoms with van der Waals surface area (Å²) in [5.41, 5.74) is 7.61. The molecule has 1 atom stereocenters. The van der Waals surface area contributed by atoms with Gasteiger partial charge in [-0.2, -0.15) is 0 Å². The van der Waals surface area contributed by atoms with Gasteiger partial charge in [0.05, 0.1) is 11.2 Å². The predicted octanol–water partition coefficient (Wildman–Crippen LogP) is 1.62. The Hall–Kier alpha value is -2.21. The smallest absolute Gasteiger partial charge is 0.276 e. The molecule has 0 radical (unpaired) electrons. The molecule has 2 N–H and O–H groups in total. The van der Waals surface area contributed by atoms with Crippen molar-refractivity contribution in [3.05, 3.63) is 30.0 Å². The van der Waals surface area contributed by atoms with Gasteiger partial charge in [-0.15, -0.1) is 10.2 Å². The van der Waals surface area contributed by atoms with Crippen LogP contribution in [-0.4, -0.2) is 58.6 Å². The molecule has 0 spiro atoms. The van der Waals surface area contributed by atoms with E-state index in [2.05, 4.69) is 36.0 Å². The summed E-state index contributed by atoms with van der Waals surface area (Å²) in [5, 5.41) is 9.05. The van der Waals surface area contributed by atoms with Crippen molar-refractivity contribution < 1.29 is 4.79 Å². The maximum Gasteiger partial charge on any atom is 0.276 e. The summed E-state index contributed by atoms with van der Waals surface area (Å²) in [6.07, 6.45) is 0. The summed E-state index contributed by atoms with van der Waals surface area (Å²) in [4.78, 5) is 17.2. The van der Waals surface area contributed by atoms with Crippen LogP contribution in [0.4, 0.5) is 5.69 Å². The van der Waals surface area contributed by atoms with Gasteiger partial charge in [-0.1, -0.05) is 32.0 Å². The topological polar surface area (TPSA) is 75.3 Å². The first kappa shape index (κ1) is 15.7. The molecule has 1 amide bonds. The molecule has 0 aliphatic carbocycles. The third-order valence-corrected chi connectivity index (χ3v) is 4.56. The summed E-state index contributed by atoms with van der Waals surface area (Å²) >= 11 is 0. The van der Waals surface area contributed by atoms with Crippen molar-refractivity contribution in [3.8, 4) is 0 Å². The summed E-state index contributed by atoms with van der Waals surface area (Å²) in [7, 11) is 2.08. The predicted molar refractivity (Wildman–Crippen MR) is 91.1 cm³/mol. The van der Waals surface area contributed by atoms with Crippen molar-refractivity contribution in [2.75, 3.05) is 32.4 Å². The zero-order valence-electron chi connectivity index (χ0n) is 13.9. The van der Waals surface area contributed by atoms with Crippen molar-refractivity contribution in [2.24, 2.45) is 5.92 Å². The van der Waals surface area contributed by atoms with Crippen LogP contribution >= 0.6 is 0 Å². The summed E-state index contributed by atoms with van der Waals surface area (Å²) < 4.78 is 0. The minimum absolute atomic E-state index is 0.118. The van der Waals surface area contributed by atoms with Crippen molar-refractivity contribution in [1.82, 2.24) is 20.0 Å². The van der Waals surface area contributed by atoms with Crippen LogP contribution in [0.5, 0.6) is 0 Å². The van der Waals surface area contributed by atoms with E-state index >= 15 is 0 Å². The molecule has 122 valence electrons. The molecule has 1 aliphatic heterocycles. The molecule has 1 saturated heterocycles. The average molecular weight is 313 g/mol. The second kappa shape index (κ2) is 6.12. The Morgan fingerprint density at radius 3 is 2.74 bits per heavy atom. The van der Waals surface area contributed by atoms with Crippen LogP contribution in [0.3, 0.4) is 0 Å². The van der Waals surface area contributed by atoms with E-state index < -0.39 is 0 Å². The van der Waals surface area contributed by atoms with Gasteiger partial charge in [-0.05, 0) is 19.0 Å². The number of piperazine rings is 1. The molecule has 1 aromatic carbocycles. The molecule has 1 fully saturated rings. The number of hydrogen-bond donors (Lipinski definition) is 1. The number of nitrogens with zero attached hydrogens (tertiary/aromatic N) is 4. The molecule has 1 unspecified atom stereocenters. The lowest BCUT2D eigenvalue weighted by Gasteiger charge is -2.42. The number of fused-ring (bicyclic) bond motifs is 1. The molecule has 2 heterocycles. The molecule has 6 heteroatoms. The van der Waals surface area contributed by atoms with Crippen molar-refractivity contribution in [2.45, 2.75) is 19.9 Å². The third-order valence-electron chi connectivity index (χ3n) is 4.56. The van der Waals surface area contributed by atoms with Crippen LogP contribution in [-0.2, 0) is 0 Å². The Balaban J connectivity index is 1.97. The number of aromatic nitrogens is 2. The highest BCUT2D eigenvalue weighted by molar-refractivity contribution is 6.04. The first-order valence-corrected chi connectivity index (χ1v) is 7.99. The largest absolute Gasteiger partial charge is 0.396 e. The van der Waals surface area contributed by atoms with Gasteiger partial charge in [-0.3, -0.25) is 4.79 Å². The van der Waals surface area contributed by atoms with Crippen LogP contribution in [0.2, 0.25) is 0 Å². The number of amides is 1. The Kier molecular flexibility index (Phi) is 4.17. The molecule has 1 aromatic heterocycles. The van der Waals surface area contributed by atoms with Gasteiger partial charge in [0.2, 0.25) is 0 Å². The second-order valence-electron chi connectivity index (χ2n) is 6.55. The summed E-state index contributed by atoms with van der Waals surface area (Å²) in [6.45, 7) is 6.69. The third kappa shape index (κ3) is 2.86. The quantitative estimate of drug-likeness (QED) is 0.912. The zero-order chi connectivity index (χ0) is 16.6. The molecule has 6 nitrogen and oxygen atoms in total. The van der Waals surface area contributed by atoms with Crippen LogP contribution in [0, 0.1) is 5.92 Å². The van der Waals surface area contributed by atoms with Gasteiger partial charge < -0.3 is 15.5 Å². The molecule has 3 rings (SSSR count). The van der Waals surface area contributed by atoms with E-state index in [-0.39, 0.29) is 17.6 Å². The van der Waals surface area contributed by atoms with E-state index in [1.54, 1.807) is 0 Å². The van der Waals surface area contributed by atoms with Gasteiger partial charge in [0.25, 0.3) is 5.91 Å². The van der Waals surface area contributed by atoms with Crippen molar-refractivity contribution in [3.63, 3.8) is 0 Å². The number of nitrogens with two attached hydrogens (primary N) is 1. The Labute approximate surface area is 136 Å². The lowest BCUT2D eigenvalue weighted by molar-refractivity contribution is 0.0397. The first-order chi connectivity index (χ1) is 11.0. The highest BCUT2D eigenvalue weighted by atomic mass is 16.2. The highest BCUT2D eigenvalue weighted by Gasteiger charge is 2.33. The van der Waals surface area contributed by atoms with E-state index in [0.29, 0.717) is 23.7 Å². The van der Waals surface area contributed by atoms with Crippen LogP contribution in [0.25, 0.3) is 10.9 Å². The van der Waals surface area contributed by atoms with Crippen LogP contribution < -0.4 is 5.73 Å². The molecule has 0 bridgehead atoms. The van der Waals surface area contributed by atoms with E-state index in [0.717, 1.165) is 18.5 Å². The van der Waals surface area contributed by atoms with Gasteiger partial charge in [0, 0.05) is 31.1 Å².